The molecule has 0 spiro atoms. The maximum atomic E-state index is 4.27. The molecule has 2 aromatic rings. The first kappa shape index (κ1) is 12.6. The second-order valence-electron chi connectivity index (χ2n) is 5.56. The maximum absolute atomic E-state index is 4.27. The van der Waals surface area contributed by atoms with Gasteiger partial charge in [-0.3, -0.25) is 4.40 Å². The smallest absolute Gasteiger partial charge is 0.160 e. The summed E-state index contributed by atoms with van der Waals surface area (Å²) < 4.78 is 2.06. The number of nitrogens with one attached hydrogen (secondary N) is 1. The lowest BCUT2D eigenvalue weighted by Gasteiger charge is -2.29. The van der Waals surface area contributed by atoms with Gasteiger partial charge in [0.25, 0.3) is 0 Å². The number of rotatable bonds is 4. The summed E-state index contributed by atoms with van der Waals surface area (Å²) in [5.41, 5.74) is 0.925. The lowest BCUT2D eigenvalue weighted by atomic mass is 9.84. The van der Waals surface area contributed by atoms with Crippen molar-refractivity contribution in [1.82, 2.24) is 19.9 Å². The second kappa shape index (κ2) is 5.70. The number of hydrogen-bond donors (Lipinski definition) is 1. The first-order valence-corrected chi connectivity index (χ1v) is 7.39. The third kappa shape index (κ3) is 2.78. The molecule has 4 nitrogen and oxygen atoms in total. The highest BCUT2D eigenvalue weighted by Gasteiger charge is 2.20. The summed E-state index contributed by atoms with van der Waals surface area (Å²) in [5, 5.41) is 12.1. The minimum Gasteiger partial charge on any atom is -0.307 e. The monoisotopic (exact) mass is 258 g/mol. The largest absolute Gasteiger partial charge is 0.307 e. The highest BCUT2D eigenvalue weighted by Crippen LogP contribution is 2.26. The van der Waals surface area contributed by atoms with Crippen molar-refractivity contribution < 1.29 is 0 Å². The molecule has 0 amide bonds. The molecule has 0 bridgehead atoms. The van der Waals surface area contributed by atoms with E-state index in [0.29, 0.717) is 6.04 Å². The molecule has 2 atom stereocenters. The van der Waals surface area contributed by atoms with Crippen LogP contribution in [-0.4, -0.2) is 20.6 Å². The Kier molecular flexibility index (Phi) is 3.78. The van der Waals surface area contributed by atoms with Crippen LogP contribution < -0.4 is 5.32 Å². The van der Waals surface area contributed by atoms with Crippen LogP contribution in [0.5, 0.6) is 0 Å². The fourth-order valence-corrected chi connectivity index (χ4v) is 3.09. The minimum absolute atomic E-state index is 0.648. The molecule has 1 N–H and O–H groups in total. The highest BCUT2D eigenvalue weighted by atomic mass is 15.3. The molecule has 1 aliphatic carbocycles. The van der Waals surface area contributed by atoms with Crippen LogP contribution in [0.3, 0.4) is 0 Å². The standard InChI is InChI=1S/C15H22N4/c1-2-12-6-5-7-13(10-12)16-11-15-18-17-14-8-3-4-9-19(14)15/h3-4,8-9,12-13,16H,2,5-7,10-11H2,1H3. The van der Waals surface area contributed by atoms with Gasteiger partial charge in [0.1, 0.15) is 0 Å². The molecule has 0 aliphatic heterocycles. The number of pyridine rings is 1. The fraction of sp³-hybridized carbons (Fsp3) is 0.600. The highest BCUT2D eigenvalue weighted by molar-refractivity contribution is 5.36. The zero-order chi connectivity index (χ0) is 13.1. The molecule has 2 aromatic heterocycles. The molecule has 2 heterocycles. The van der Waals surface area contributed by atoms with Crippen LogP contribution in [-0.2, 0) is 6.54 Å². The van der Waals surface area contributed by atoms with E-state index in [2.05, 4.69) is 26.8 Å². The summed E-state index contributed by atoms with van der Waals surface area (Å²) in [6.07, 6.45) is 8.72. The number of aromatic nitrogens is 3. The van der Waals surface area contributed by atoms with E-state index in [1.807, 2.05) is 24.4 Å². The first-order valence-electron chi connectivity index (χ1n) is 7.39. The van der Waals surface area contributed by atoms with Gasteiger partial charge in [0.05, 0.1) is 6.54 Å². The molecular weight excluding hydrogens is 236 g/mol. The average Bonchev–Trinajstić information content (AvgIpc) is 2.89. The van der Waals surface area contributed by atoms with Gasteiger partial charge in [-0.1, -0.05) is 32.3 Å². The molecule has 1 fully saturated rings. The molecule has 4 heteroatoms. The summed E-state index contributed by atoms with van der Waals surface area (Å²) in [7, 11) is 0. The maximum Gasteiger partial charge on any atom is 0.160 e. The Balaban J connectivity index is 1.63. The topological polar surface area (TPSA) is 42.2 Å². The Morgan fingerprint density at radius 2 is 2.26 bits per heavy atom. The van der Waals surface area contributed by atoms with Crippen LogP contribution in [0, 0.1) is 5.92 Å². The van der Waals surface area contributed by atoms with E-state index in [1.165, 1.54) is 32.1 Å². The van der Waals surface area contributed by atoms with Crippen molar-refractivity contribution in [2.75, 3.05) is 0 Å². The van der Waals surface area contributed by atoms with Crippen molar-refractivity contribution in [2.45, 2.75) is 51.6 Å². The molecule has 0 radical (unpaired) electrons. The van der Waals surface area contributed by atoms with Crippen molar-refractivity contribution in [3.05, 3.63) is 30.2 Å². The van der Waals surface area contributed by atoms with Gasteiger partial charge in [-0.2, -0.15) is 0 Å². The van der Waals surface area contributed by atoms with Crippen LogP contribution >= 0.6 is 0 Å². The Morgan fingerprint density at radius 1 is 1.32 bits per heavy atom. The number of nitrogens with zero attached hydrogens (tertiary/aromatic N) is 3. The van der Waals surface area contributed by atoms with Crippen LogP contribution in [0.4, 0.5) is 0 Å². The lowest BCUT2D eigenvalue weighted by molar-refractivity contribution is 0.277. The Labute approximate surface area is 114 Å². The summed E-state index contributed by atoms with van der Waals surface area (Å²) in [6.45, 7) is 3.12. The Hall–Kier alpha value is -1.42. The van der Waals surface area contributed by atoms with Crippen molar-refractivity contribution in [1.29, 1.82) is 0 Å². The van der Waals surface area contributed by atoms with E-state index in [0.717, 1.165) is 23.9 Å². The minimum atomic E-state index is 0.648. The van der Waals surface area contributed by atoms with Crippen LogP contribution in [0.1, 0.15) is 44.9 Å². The average molecular weight is 258 g/mol. The third-order valence-electron chi connectivity index (χ3n) is 4.29. The van der Waals surface area contributed by atoms with E-state index in [4.69, 9.17) is 0 Å². The van der Waals surface area contributed by atoms with Crippen molar-refractivity contribution >= 4 is 5.65 Å². The van der Waals surface area contributed by atoms with E-state index in [-0.39, 0.29) is 0 Å². The molecule has 0 saturated heterocycles. The molecule has 102 valence electrons. The zero-order valence-corrected chi connectivity index (χ0v) is 11.5. The van der Waals surface area contributed by atoms with E-state index >= 15 is 0 Å². The van der Waals surface area contributed by atoms with Gasteiger partial charge in [0, 0.05) is 12.2 Å². The lowest BCUT2D eigenvalue weighted by Crippen LogP contribution is -2.34. The summed E-state index contributed by atoms with van der Waals surface area (Å²) in [6, 6.07) is 6.65. The molecule has 1 aliphatic rings. The van der Waals surface area contributed by atoms with Crippen LogP contribution in [0.15, 0.2) is 24.4 Å². The van der Waals surface area contributed by atoms with Crippen molar-refractivity contribution in [3.63, 3.8) is 0 Å². The van der Waals surface area contributed by atoms with Gasteiger partial charge >= 0.3 is 0 Å². The van der Waals surface area contributed by atoms with Crippen molar-refractivity contribution in [2.24, 2.45) is 5.92 Å². The third-order valence-corrected chi connectivity index (χ3v) is 4.29. The van der Waals surface area contributed by atoms with E-state index < -0.39 is 0 Å². The molecule has 3 rings (SSSR count). The van der Waals surface area contributed by atoms with Gasteiger partial charge in [-0.15, -0.1) is 10.2 Å². The Bertz CT molecular complexity index is 534. The quantitative estimate of drug-likeness (QED) is 0.917. The van der Waals surface area contributed by atoms with Crippen molar-refractivity contribution in [3.8, 4) is 0 Å². The SMILES string of the molecule is CCC1CCCC(NCc2nnc3ccccn23)C1. The molecule has 19 heavy (non-hydrogen) atoms. The van der Waals surface area contributed by atoms with Gasteiger partial charge in [0.2, 0.25) is 0 Å². The van der Waals surface area contributed by atoms with Gasteiger partial charge in [-0.25, -0.2) is 0 Å². The van der Waals surface area contributed by atoms with Gasteiger partial charge in [0.15, 0.2) is 11.5 Å². The number of hydrogen-bond acceptors (Lipinski definition) is 3. The fourth-order valence-electron chi connectivity index (χ4n) is 3.09. The summed E-state index contributed by atoms with van der Waals surface area (Å²) in [4.78, 5) is 0. The van der Waals surface area contributed by atoms with Crippen LogP contribution in [0.2, 0.25) is 0 Å². The molecule has 0 aromatic carbocycles. The van der Waals surface area contributed by atoms with E-state index in [1.54, 1.807) is 0 Å². The predicted octanol–water partition coefficient (Wildman–Crippen LogP) is 2.79. The second-order valence-corrected chi connectivity index (χ2v) is 5.56. The predicted molar refractivity (Wildman–Crippen MR) is 75.9 cm³/mol. The van der Waals surface area contributed by atoms with Gasteiger partial charge in [-0.05, 0) is 30.9 Å². The first-order chi connectivity index (χ1) is 9.36. The summed E-state index contributed by atoms with van der Waals surface area (Å²) >= 11 is 0. The Morgan fingerprint density at radius 3 is 3.16 bits per heavy atom. The molecule has 1 saturated carbocycles. The van der Waals surface area contributed by atoms with Gasteiger partial charge < -0.3 is 5.32 Å². The molecule has 2 unspecified atom stereocenters. The molecular formula is C15H22N4. The van der Waals surface area contributed by atoms with Crippen LogP contribution in [0.25, 0.3) is 5.65 Å². The normalized spacial score (nSPS) is 23.8. The summed E-state index contributed by atoms with van der Waals surface area (Å²) in [5.74, 6) is 1.91. The van der Waals surface area contributed by atoms with E-state index in [9.17, 15) is 0 Å². The number of fused-ring (bicyclic) bond motifs is 1. The zero-order valence-electron chi connectivity index (χ0n) is 11.5.